The second kappa shape index (κ2) is 8.62. The quantitative estimate of drug-likeness (QED) is 0.356. The van der Waals surface area contributed by atoms with Crippen LogP contribution in [0.3, 0.4) is 0 Å². The maximum absolute atomic E-state index is 14.2. The number of aromatic nitrogens is 4. The molecule has 0 unspecified atom stereocenters. The zero-order valence-electron chi connectivity index (χ0n) is 17.5. The molecule has 10 nitrogen and oxygen atoms in total. The summed E-state index contributed by atoms with van der Waals surface area (Å²) in [7, 11) is 0. The van der Waals surface area contributed by atoms with Crippen molar-refractivity contribution in [1.29, 1.82) is 0 Å². The predicted molar refractivity (Wildman–Crippen MR) is 119 cm³/mol. The fourth-order valence-corrected chi connectivity index (χ4v) is 3.46. The molecule has 34 heavy (non-hydrogen) atoms. The van der Waals surface area contributed by atoms with Crippen LogP contribution in [0.1, 0.15) is 32.1 Å². The molecule has 170 valence electrons. The summed E-state index contributed by atoms with van der Waals surface area (Å²) >= 11 is 0. The molecule has 0 bridgehead atoms. The Bertz CT molecular complexity index is 1590. The van der Waals surface area contributed by atoms with Gasteiger partial charge < -0.3 is 15.1 Å². The monoisotopic (exact) mass is 460 g/mol. The number of nitrogens with zero attached hydrogens (tertiary/aromatic N) is 3. The van der Waals surface area contributed by atoms with Crippen LogP contribution in [0.15, 0.2) is 70.0 Å². The van der Waals surface area contributed by atoms with Gasteiger partial charge in [-0.25, -0.2) is 18.7 Å². The standard InChI is InChI=1S/C23H17FN6O4/c24-15-12-27-30-18(22(32)26-10-13-4-2-1-3-5-13)9-17(28-20(15)30)21(31)25-11-14-6-7-19-16(8-14)29-23(33)34-19/h1-9,12H,10-11H2,(H,25,31)(H,26,32)(H,29,33). The Hall–Kier alpha value is -4.80. The van der Waals surface area contributed by atoms with Gasteiger partial charge in [0.1, 0.15) is 11.4 Å². The first-order valence-electron chi connectivity index (χ1n) is 10.2. The second-order valence-corrected chi connectivity index (χ2v) is 7.45. The van der Waals surface area contributed by atoms with Crippen molar-refractivity contribution in [1.82, 2.24) is 30.2 Å². The number of aromatic amines is 1. The Labute approximate surface area is 190 Å². The van der Waals surface area contributed by atoms with E-state index in [0.717, 1.165) is 16.3 Å². The predicted octanol–water partition coefficient (Wildman–Crippen LogP) is 2.16. The number of hydrogen-bond acceptors (Lipinski definition) is 6. The largest absolute Gasteiger partial charge is 0.417 e. The van der Waals surface area contributed by atoms with Crippen LogP contribution in [-0.2, 0) is 13.1 Å². The lowest BCUT2D eigenvalue weighted by molar-refractivity contribution is 0.0942. The van der Waals surface area contributed by atoms with Crippen molar-refractivity contribution < 1.29 is 18.4 Å². The minimum absolute atomic E-state index is 0.0348. The third-order valence-electron chi connectivity index (χ3n) is 5.13. The van der Waals surface area contributed by atoms with E-state index in [1.165, 1.54) is 6.07 Å². The molecule has 0 aliphatic rings. The lowest BCUT2D eigenvalue weighted by Gasteiger charge is -2.10. The molecule has 2 aromatic carbocycles. The first-order valence-corrected chi connectivity index (χ1v) is 10.2. The number of nitrogens with one attached hydrogen (secondary N) is 3. The van der Waals surface area contributed by atoms with Crippen LogP contribution in [0.2, 0.25) is 0 Å². The highest BCUT2D eigenvalue weighted by Crippen LogP contribution is 2.14. The van der Waals surface area contributed by atoms with Crippen LogP contribution in [0.5, 0.6) is 0 Å². The van der Waals surface area contributed by atoms with E-state index in [9.17, 15) is 18.8 Å². The number of fused-ring (bicyclic) bond motifs is 2. The summed E-state index contributed by atoms with van der Waals surface area (Å²) in [5.41, 5.74) is 2.04. The van der Waals surface area contributed by atoms with Crippen molar-refractivity contribution in [2.75, 3.05) is 0 Å². The number of carbonyl (C=O) groups is 2. The molecule has 5 rings (SSSR count). The minimum Gasteiger partial charge on any atom is -0.408 e. The van der Waals surface area contributed by atoms with Crippen LogP contribution < -0.4 is 16.4 Å². The van der Waals surface area contributed by atoms with E-state index in [4.69, 9.17) is 4.42 Å². The molecule has 0 saturated carbocycles. The molecule has 5 aromatic rings. The molecule has 0 aliphatic heterocycles. The third-order valence-corrected chi connectivity index (χ3v) is 5.13. The lowest BCUT2D eigenvalue weighted by atomic mass is 10.2. The van der Waals surface area contributed by atoms with Crippen LogP contribution in [-0.4, -0.2) is 31.4 Å². The third kappa shape index (κ3) is 4.13. The molecule has 0 atom stereocenters. The number of benzene rings is 2. The van der Waals surface area contributed by atoms with Gasteiger partial charge in [0.2, 0.25) is 0 Å². The summed E-state index contributed by atoms with van der Waals surface area (Å²) < 4.78 is 20.2. The van der Waals surface area contributed by atoms with Gasteiger partial charge in [0.25, 0.3) is 11.8 Å². The first-order chi connectivity index (χ1) is 16.5. The van der Waals surface area contributed by atoms with Gasteiger partial charge in [0.15, 0.2) is 17.0 Å². The molecule has 3 N–H and O–H groups in total. The van der Waals surface area contributed by atoms with E-state index in [1.54, 1.807) is 18.2 Å². The number of halogens is 1. The second-order valence-electron chi connectivity index (χ2n) is 7.45. The minimum atomic E-state index is -0.763. The van der Waals surface area contributed by atoms with E-state index in [1.807, 2.05) is 30.3 Å². The van der Waals surface area contributed by atoms with Crippen molar-refractivity contribution in [2.45, 2.75) is 13.1 Å². The summed E-state index contributed by atoms with van der Waals surface area (Å²) in [6, 6.07) is 15.5. The van der Waals surface area contributed by atoms with Gasteiger partial charge in [0.05, 0.1) is 11.7 Å². The molecule has 11 heteroatoms. The normalized spacial score (nSPS) is 11.1. The summed E-state index contributed by atoms with van der Waals surface area (Å²) in [6.07, 6.45) is 0.929. The van der Waals surface area contributed by atoms with Gasteiger partial charge in [-0.2, -0.15) is 5.10 Å². The van der Waals surface area contributed by atoms with Crippen LogP contribution in [0, 0.1) is 5.82 Å². The fourth-order valence-electron chi connectivity index (χ4n) is 3.46. The van der Waals surface area contributed by atoms with E-state index in [2.05, 4.69) is 25.7 Å². The fraction of sp³-hybridized carbons (Fsp3) is 0.0870. The SMILES string of the molecule is O=C(NCc1ccc2oc(=O)[nH]c2c1)c1cc(C(=O)NCc2ccccc2)n2ncc(F)c2n1. The van der Waals surface area contributed by atoms with Crippen LogP contribution in [0.4, 0.5) is 4.39 Å². The number of hydrogen-bond donors (Lipinski definition) is 3. The molecule has 3 aromatic heterocycles. The number of oxazole rings is 1. The molecule has 0 saturated heterocycles. The Morgan fingerprint density at radius 1 is 1.00 bits per heavy atom. The van der Waals surface area contributed by atoms with Gasteiger partial charge in [-0.3, -0.25) is 14.6 Å². The number of carbonyl (C=O) groups excluding carboxylic acids is 2. The molecular formula is C23H17FN6O4. The van der Waals surface area contributed by atoms with Gasteiger partial charge in [-0.1, -0.05) is 36.4 Å². The summed E-state index contributed by atoms with van der Waals surface area (Å²) in [5, 5.41) is 9.29. The van der Waals surface area contributed by atoms with E-state index in [-0.39, 0.29) is 30.1 Å². The van der Waals surface area contributed by atoms with Gasteiger partial charge in [-0.05, 0) is 23.3 Å². The lowest BCUT2D eigenvalue weighted by Crippen LogP contribution is -2.28. The van der Waals surface area contributed by atoms with Gasteiger partial charge in [0, 0.05) is 19.2 Å². The van der Waals surface area contributed by atoms with Crippen molar-refractivity contribution in [3.63, 3.8) is 0 Å². The summed E-state index contributed by atoms with van der Waals surface area (Å²) in [5.74, 6) is -2.49. The van der Waals surface area contributed by atoms with Crippen LogP contribution >= 0.6 is 0 Å². The summed E-state index contributed by atoms with van der Waals surface area (Å²) in [4.78, 5) is 43.5. The van der Waals surface area contributed by atoms with Crippen LogP contribution in [0.25, 0.3) is 16.7 Å². The maximum Gasteiger partial charge on any atom is 0.417 e. The molecule has 0 aliphatic carbocycles. The Morgan fingerprint density at radius 3 is 2.59 bits per heavy atom. The van der Waals surface area contributed by atoms with E-state index >= 15 is 0 Å². The van der Waals surface area contributed by atoms with Gasteiger partial charge >= 0.3 is 5.76 Å². The average Bonchev–Trinajstić information content (AvgIpc) is 3.42. The van der Waals surface area contributed by atoms with E-state index in [0.29, 0.717) is 16.7 Å². The number of amides is 2. The molecular weight excluding hydrogens is 443 g/mol. The molecule has 0 fully saturated rings. The topological polar surface area (TPSA) is 134 Å². The number of H-pyrrole nitrogens is 1. The van der Waals surface area contributed by atoms with Crippen molar-refractivity contribution in [3.05, 3.63) is 99.7 Å². The molecule has 0 radical (unpaired) electrons. The highest BCUT2D eigenvalue weighted by atomic mass is 19.1. The maximum atomic E-state index is 14.2. The van der Waals surface area contributed by atoms with Crippen molar-refractivity contribution >= 4 is 28.6 Å². The highest BCUT2D eigenvalue weighted by Gasteiger charge is 2.20. The number of rotatable bonds is 6. The Kier molecular flexibility index (Phi) is 5.34. The van der Waals surface area contributed by atoms with Crippen molar-refractivity contribution in [2.24, 2.45) is 0 Å². The van der Waals surface area contributed by atoms with E-state index < -0.39 is 23.4 Å². The summed E-state index contributed by atoms with van der Waals surface area (Å²) in [6.45, 7) is 0.347. The zero-order valence-corrected chi connectivity index (χ0v) is 17.5. The average molecular weight is 460 g/mol. The Balaban J connectivity index is 1.37. The molecule has 3 heterocycles. The zero-order chi connectivity index (χ0) is 23.7. The van der Waals surface area contributed by atoms with Crippen molar-refractivity contribution in [3.8, 4) is 0 Å². The van der Waals surface area contributed by atoms with Gasteiger partial charge in [-0.15, -0.1) is 0 Å². The molecule has 0 spiro atoms. The highest BCUT2D eigenvalue weighted by molar-refractivity contribution is 5.98. The smallest absolute Gasteiger partial charge is 0.408 e. The Morgan fingerprint density at radius 2 is 1.76 bits per heavy atom. The first kappa shape index (κ1) is 21.1. The molecule has 2 amide bonds.